The van der Waals surface area contributed by atoms with Crippen LogP contribution in [0.1, 0.15) is 88.0 Å². The van der Waals surface area contributed by atoms with Gasteiger partial charge < -0.3 is 15.3 Å². The Morgan fingerprint density at radius 3 is 1.10 bits per heavy atom. The number of hydrogen-bond donors (Lipinski definition) is 0. The van der Waals surface area contributed by atoms with Gasteiger partial charge in [-0.1, -0.05) is 80.5 Å². The van der Waals surface area contributed by atoms with Crippen LogP contribution in [0.15, 0.2) is 55.7 Å². The van der Waals surface area contributed by atoms with Crippen LogP contribution >= 0.6 is 0 Å². The molecule has 176 valence electrons. The molecule has 1 rings (SSSR count). The minimum Gasteiger partial charge on any atom is -0.850 e. The van der Waals surface area contributed by atoms with Gasteiger partial charge in [0.15, 0.2) is 0 Å². The number of allylic oxidation sites excluding steroid dienone is 4. The van der Waals surface area contributed by atoms with Gasteiger partial charge >= 0.3 is 21.7 Å². The van der Waals surface area contributed by atoms with E-state index in [1.807, 2.05) is 0 Å². The first kappa shape index (κ1) is 37.6. The van der Waals surface area contributed by atoms with Gasteiger partial charge in [0.2, 0.25) is 0 Å². The molecule has 0 aromatic rings. The van der Waals surface area contributed by atoms with Gasteiger partial charge in [-0.3, -0.25) is 6.08 Å². The van der Waals surface area contributed by atoms with Gasteiger partial charge in [-0.2, -0.15) is 6.08 Å². The van der Waals surface area contributed by atoms with Gasteiger partial charge in [-0.15, -0.1) is 43.0 Å². The Hall–Kier alpha value is -0.706. The van der Waals surface area contributed by atoms with Crippen LogP contribution in [0.25, 0.3) is 0 Å². The maximum atomic E-state index is 10.6. The second kappa shape index (κ2) is 17.8. The first-order valence-electron chi connectivity index (χ1n) is 10.5. The Bertz CT molecular complexity index is 483. The van der Waals surface area contributed by atoms with Gasteiger partial charge in [0.1, 0.15) is 0 Å². The van der Waals surface area contributed by atoms with E-state index in [9.17, 15) is 15.3 Å². The first-order chi connectivity index (χ1) is 13.3. The summed E-state index contributed by atoms with van der Waals surface area (Å²) in [4.78, 5) is 0. The van der Waals surface area contributed by atoms with Crippen molar-refractivity contribution >= 4 is 0 Å². The van der Waals surface area contributed by atoms with Gasteiger partial charge in [0.25, 0.3) is 0 Å². The van der Waals surface area contributed by atoms with Crippen LogP contribution in [0.3, 0.4) is 0 Å². The molecule has 0 bridgehead atoms. The zero-order valence-corrected chi connectivity index (χ0v) is 23.1. The van der Waals surface area contributed by atoms with E-state index in [-0.39, 0.29) is 21.7 Å². The molecule has 0 radical (unpaired) electrons. The van der Waals surface area contributed by atoms with Crippen LogP contribution in [0.4, 0.5) is 0 Å². The predicted octanol–water partition coefficient (Wildman–Crippen LogP) is 4.82. The van der Waals surface area contributed by atoms with Crippen LogP contribution in [-0.2, 0) is 21.7 Å². The summed E-state index contributed by atoms with van der Waals surface area (Å²) in [6.45, 7) is 26.9. The molecule has 0 atom stereocenters. The van der Waals surface area contributed by atoms with E-state index < -0.39 is 16.8 Å². The summed E-state index contributed by atoms with van der Waals surface area (Å²) in [7, 11) is 0. The van der Waals surface area contributed by atoms with Crippen LogP contribution in [0, 0.1) is 11.5 Å². The van der Waals surface area contributed by atoms with Gasteiger partial charge in [0, 0.05) is 0 Å². The third kappa shape index (κ3) is 37.0. The van der Waals surface area contributed by atoms with Crippen LogP contribution < -0.4 is 15.3 Å². The summed E-state index contributed by atoms with van der Waals surface area (Å²) < 4.78 is 0. The molecule has 1 aliphatic carbocycles. The summed E-state index contributed by atoms with van der Waals surface area (Å²) in [5, 5.41) is 31.9. The van der Waals surface area contributed by atoms with E-state index in [0.29, 0.717) is 24.7 Å². The van der Waals surface area contributed by atoms with Crippen molar-refractivity contribution in [2.45, 2.75) is 105 Å². The van der Waals surface area contributed by atoms with E-state index in [1.54, 1.807) is 59.8 Å². The Balaban J connectivity index is -0.000000156. The molecule has 0 aromatic heterocycles. The van der Waals surface area contributed by atoms with E-state index in [0.717, 1.165) is 6.42 Å². The Morgan fingerprint density at radius 1 is 0.742 bits per heavy atom. The maximum Gasteiger partial charge on any atom is 4.00 e. The molecule has 0 fully saturated rings. The molecule has 0 aliphatic heterocycles. The minimum absolute atomic E-state index is 0. The predicted molar refractivity (Wildman–Crippen MR) is 127 cm³/mol. The molecule has 0 spiro atoms. The van der Waals surface area contributed by atoms with Crippen molar-refractivity contribution in [1.29, 1.82) is 0 Å². The molecule has 0 N–H and O–H groups in total. The second-order valence-corrected chi connectivity index (χ2v) is 10.2. The number of hydrogen-bond acceptors (Lipinski definition) is 3. The molecule has 31 heavy (non-hydrogen) atoms. The van der Waals surface area contributed by atoms with Gasteiger partial charge in [0.05, 0.1) is 0 Å². The fourth-order valence-corrected chi connectivity index (χ4v) is 1.96. The van der Waals surface area contributed by atoms with Gasteiger partial charge in [-0.05, 0) is 24.7 Å². The molecule has 0 saturated carbocycles. The van der Waals surface area contributed by atoms with Crippen molar-refractivity contribution in [3.63, 3.8) is 0 Å². The third-order valence-corrected chi connectivity index (χ3v) is 3.41. The molecule has 3 nitrogen and oxygen atoms in total. The molecule has 0 amide bonds. The maximum absolute atomic E-state index is 10.6. The average Bonchev–Trinajstić information content (AvgIpc) is 2.99. The first-order valence-corrected chi connectivity index (χ1v) is 10.5. The monoisotopic (exact) mass is 466 g/mol. The van der Waals surface area contributed by atoms with Crippen molar-refractivity contribution in [2.75, 3.05) is 0 Å². The molecule has 1 aliphatic rings. The van der Waals surface area contributed by atoms with Crippen molar-refractivity contribution < 1.29 is 37.0 Å². The van der Waals surface area contributed by atoms with E-state index in [4.69, 9.17) is 0 Å². The normalized spacial score (nSPS) is 13.0. The summed E-state index contributed by atoms with van der Waals surface area (Å²) in [5.74, 6) is 0. The molecule has 0 unspecified atom stereocenters. The van der Waals surface area contributed by atoms with Crippen molar-refractivity contribution in [3.8, 4) is 0 Å². The summed E-state index contributed by atoms with van der Waals surface area (Å²) >= 11 is 0. The zero-order chi connectivity index (χ0) is 24.6. The molecular weight excluding hydrogens is 420 g/mol. The van der Waals surface area contributed by atoms with E-state index in [1.165, 1.54) is 5.57 Å². The van der Waals surface area contributed by atoms with Crippen LogP contribution in [-0.4, -0.2) is 16.8 Å². The van der Waals surface area contributed by atoms with E-state index in [2.05, 4.69) is 58.7 Å². The average molecular weight is 467 g/mol. The smallest absolute Gasteiger partial charge is 0.850 e. The summed E-state index contributed by atoms with van der Waals surface area (Å²) in [6.07, 6.45) is 15.2. The fraction of sp³-hybridized carbons (Fsp3) is 0.630. The standard InChI is InChI=1S/C9H13.3C6H11O.Ti/c1-9(2,3)8-6-4-5-7-8;3*1-4-5-6(2,3)7;/h4,6H,5H2,1-3H3;3*4H,1,5H2,2-3H3;/q4*-1;+4. The summed E-state index contributed by atoms with van der Waals surface area (Å²) in [6, 6.07) is 0. The quantitative estimate of drug-likeness (QED) is 0.320. The molecule has 0 aromatic carbocycles. The Kier molecular flexibility index (Phi) is 21.6. The molecule has 4 heteroatoms. The zero-order valence-electron chi connectivity index (χ0n) is 21.6. The Labute approximate surface area is 208 Å². The van der Waals surface area contributed by atoms with Crippen LogP contribution in [0.5, 0.6) is 0 Å². The summed E-state index contributed by atoms with van der Waals surface area (Å²) in [5.41, 5.74) is -0.805. The van der Waals surface area contributed by atoms with Crippen molar-refractivity contribution in [2.24, 2.45) is 5.41 Å². The van der Waals surface area contributed by atoms with Gasteiger partial charge in [-0.25, -0.2) is 11.6 Å². The van der Waals surface area contributed by atoms with Crippen molar-refractivity contribution in [3.05, 3.63) is 61.8 Å². The molecule has 0 saturated heterocycles. The second-order valence-electron chi connectivity index (χ2n) is 10.2. The SMILES string of the molecule is C=CCC(C)(C)[O-].C=CCC(C)(C)[O-].C=CCC(C)(C)[O-].CC(C)(C)C1=[C-]CC=C1.[Ti+4]. The largest absolute Gasteiger partial charge is 4.00 e. The topological polar surface area (TPSA) is 69.2 Å². The third-order valence-electron chi connectivity index (χ3n) is 3.41. The van der Waals surface area contributed by atoms with Crippen molar-refractivity contribution in [1.82, 2.24) is 0 Å². The van der Waals surface area contributed by atoms with Crippen LogP contribution in [0.2, 0.25) is 0 Å². The molecular formula is C27H46O3Ti. The fourth-order valence-electron chi connectivity index (χ4n) is 1.96. The Morgan fingerprint density at radius 2 is 1.03 bits per heavy atom. The van der Waals surface area contributed by atoms with E-state index >= 15 is 0 Å². The minimum atomic E-state index is -0.818. The molecule has 0 heterocycles. The number of rotatable bonds is 6.